The summed E-state index contributed by atoms with van der Waals surface area (Å²) in [5.41, 5.74) is 0.885. The average molecular weight is 220 g/mol. The number of esters is 1. The van der Waals surface area contributed by atoms with Crippen LogP contribution in [0.4, 0.5) is 0 Å². The molecule has 0 spiro atoms. The zero-order valence-corrected chi connectivity index (χ0v) is 9.35. The van der Waals surface area contributed by atoms with Crippen LogP contribution >= 0.6 is 0 Å². The molecular weight excluding hydrogens is 204 g/mol. The monoisotopic (exact) mass is 220 g/mol. The minimum absolute atomic E-state index is 0.298. The van der Waals surface area contributed by atoms with E-state index >= 15 is 0 Å². The Hall–Kier alpha value is -1.77. The Morgan fingerprint density at radius 1 is 1.44 bits per heavy atom. The van der Waals surface area contributed by atoms with E-state index in [9.17, 15) is 9.90 Å². The average Bonchev–Trinajstić information content (AvgIpc) is 2.27. The van der Waals surface area contributed by atoms with Crippen molar-refractivity contribution < 1.29 is 14.6 Å². The number of phenols is 1. The summed E-state index contributed by atoms with van der Waals surface area (Å²) in [6, 6.07) is 7.19. The van der Waals surface area contributed by atoms with E-state index in [1.54, 1.807) is 25.1 Å². The van der Waals surface area contributed by atoms with Crippen LogP contribution in [0.5, 0.6) is 5.75 Å². The summed E-state index contributed by atoms with van der Waals surface area (Å²) in [5, 5.41) is 9.49. The normalized spacial score (nSPS) is 10.6. The SMILES string of the molecule is CCOC(=O)/C=C/CCc1ccccc1O. The Kier molecular flexibility index (Phi) is 5.12. The highest BCUT2D eigenvalue weighted by molar-refractivity contribution is 5.81. The van der Waals surface area contributed by atoms with Crippen LogP contribution in [0.15, 0.2) is 36.4 Å². The first-order chi connectivity index (χ1) is 7.74. The first kappa shape index (κ1) is 12.3. The highest BCUT2D eigenvalue weighted by atomic mass is 16.5. The third-order valence-electron chi connectivity index (χ3n) is 2.11. The zero-order valence-electron chi connectivity index (χ0n) is 9.35. The summed E-state index contributed by atoms with van der Waals surface area (Å²) in [5.74, 6) is -0.0215. The molecule has 0 unspecified atom stereocenters. The number of carbonyl (C=O) groups is 1. The Morgan fingerprint density at radius 3 is 2.88 bits per heavy atom. The summed E-state index contributed by atoms with van der Waals surface area (Å²) < 4.78 is 4.74. The van der Waals surface area contributed by atoms with E-state index in [-0.39, 0.29) is 5.97 Å². The molecule has 0 fully saturated rings. The molecule has 1 aromatic rings. The first-order valence-electron chi connectivity index (χ1n) is 5.34. The van der Waals surface area contributed by atoms with Gasteiger partial charge in [-0.1, -0.05) is 24.3 Å². The van der Waals surface area contributed by atoms with Crippen molar-refractivity contribution in [2.24, 2.45) is 0 Å². The third kappa shape index (κ3) is 4.17. The number of hydrogen-bond donors (Lipinski definition) is 1. The lowest BCUT2D eigenvalue weighted by Gasteiger charge is -2.01. The molecule has 1 rings (SSSR count). The molecule has 16 heavy (non-hydrogen) atoms. The van der Waals surface area contributed by atoms with E-state index in [4.69, 9.17) is 4.74 Å². The number of rotatable bonds is 5. The van der Waals surface area contributed by atoms with Crippen molar-refractivity contribution in [3.63, 3.8) is 0 Å². The van der Waals surface area contributed by atoms with Crippen molar-refractivity contribution in [2.45, 2.75) is 19.8 Å². The maximum atomic E-state index is 11.0. The number of phenolic OH excluding ortho intramolecular Hbond substituents is 1. The molecule has 0 aromatic heterocycles. The lowest BCUT2D eigenvalue weighted by atomic mass is 10.1. The second kappa shape index (κ2) is 6.67. The predicted molar refractivity (Wildman–Crippen MR) is 62.2 cm³/mol. The summed E-state index contributed by atoms with van der Waals surface area (Å²) >= 11 is 0. The van der Waals surface area contributed by atoms with Crippen molar-refractivity contribution in [3.8, 4) is 5.75 Å². The molecule has 3 heteroatoms. The molecule has 0 saturated carbocycles. The van der Waals surface area contributed by atoms with Crippen molar-refractivity contribution in [3.05, 3.63) is 42.0 Å². The van der Waals surface area contributed by atoms with E-state index in [1.807, 2.05) is 12.1 Å². The smallest absolute Gasteiger partial charge is 0.330 e. The number of ether oxygens (including phenoxy) is 1. The topological polar surface area (TPSA) is 46.5 Å². The zero-order chi connectivity index (χ0) is 11.8. The molecule has 0 saturated heterocycles. The van der Waals surface area contributed by atoms with Gasteiger partial charge in [0, 0.05) is 6.08 Å². The number of hydrogen-bond acceptors (Lipinski definition) is 3. The van der Waals surface area contributed by atoms with Gasteiger partial charge in [0.15, 0.2) is 0 Å². The molecule has 0 radical (unpaired) electrons. The fourth-order valence-corrected chi connectivity index (χ4v) is 1.33. The Balaban J connectivity index is 2.36. The van der Waals surface area contributed by atoms with Gasteiger partial charge in [0.05, 0.1) is 6.61 Å². The van der Waals surface area contributed by atoms with Crippen molar-refractivity contribution in [2.75, 3.05) is 6.61 Å². The van der Waals surface area contributed by atoms with E-state index in [0.717, 1.165) is 5.56 Å². The van der Waals surface area contributed by atoms with Gasteiger partial charge < -0.3 is 9.84 Å². The van der Waals surface area contributed by atoms with Gasteiger partial charge >= 0.3 is 5.97 Å². The second-order valence-corrected chi connectivity index (χ2v) is 3.32. The number of aromatic hydroxyl groups is 1. The number of allylic oxidation sites excluding steroid dienone is 1. The second-order valence-electron chi connectivity index (χ2n) is 3.32. The fourth-order valence-electron chi connectivity index (χ4n) is 1.33. The van der Waals surface area contributed by atoms with E-state index < -0.39 is 0 Å². The van der Waals surface area contributed by atoms with Gasteiger partial charge in [-0.25, -0.2) is 4.79 Å². The fraction of sp³-hybridized carbons (Fsp3) is 0.308. The van der Waals surface area contributed by atoms with E-state index in [2.05, 4.69) is 0 Å². The number of aryl methyl sites for hydroxylation is 1. The van der Waals surface area contributed by atoms with Crippen molar-refractivity contribution >= 4 is 5.97 Å². The van der Waals surface area contributed by atoms with Gasteiger partial charge in [-0.15, -0.1) is 0 Å². The molecule has 3 nitrogen and oxygen atoms in total. The summed E-state index contributed by atoms with van der Waals surface area (Å²) in [4.78, 5) is 11.0. The predicted octanol–water partition coefficient (Wildman–Crippen LogP) is 2.44. The molecule has 0 aliphatic heterocycles. The first-order valence-corrected chi connectivity index (χ1v) is 5.34. The number of para-hydroxylation sites is 1. The van der Waals surface area contributed by atoms with Gasteiger partial charge in [0.1, 0.15) is 5.75 Å². The quantitative estimate of drug-likeness (QED) is 0.612. The highest BCUT2D eigenvalue weighted by Gasteiger charge is 1.98. The maximum absolute atomic E-state index is 11.0. The van der Waals surface area contributed by atoms with Crippen LogP contribution in [0.1, 0.15) is 18.9 Å². The number of carbonyl (C=O) groups excluding carboxylic acids is 1. The molecule has 0 aliphatic rings. The Labute approximate surface area is 95.4 Å². The molecular formula is C13H16O3. The summed E-state index contributed by atoms with van der Waals surface area (Å²) in [6.45, 7) is 2.16. The molecule has 0 amide bonds. The van der Waals surface area contributed by atoms with E-state index in [1.165, 1.54) is 6.08 Å². The molecule has 1 N–H and O–H groups in total. The molecule has 0 bridgehead atoms. The van der Waals surface area contributed by atoms with Crippen molar-refractivity contribution in [1.82, 2.24) is 0 Å². The van der Waals surface area contributed by atoms with Gasteiger partial charge in [0.2, 0.25) is 0 Å². The molecule has 1 aromatic carbocycles. The molecule has 86 valence electrons. The lowest BCUT2D eigenvalue weighted by molar-refractivity contribution is -0.137. The van der Waals surface area contributed by atoms with Crippen LogP contribution in [0, 0.1) is 0 Å². The van der Waals surface area contributed by atoms with Crippen LogP contribution in [-0.2, 0) is 16.0 Å². The van der Waals surface area contributed by atoms with Crippen LogP contribution in [0.25, 0.3) is 0 Å². The van der Waals surface area contributed by atoms with Crippen LogP contribution in [-0.4, -0.2) is 17.7 Å². The number of benzene rings is 1. The minimum atomic E-state index is -0.320. The largest absolute Gasteiger partial charge is 0.508 e. The summed E-state index contributed by atoms with van der Waals surface area (Å²) in [7, 11) is 0. The van der Waals surface area contributed by atoms with Crippen LogP contribution in [0.3, 0.4) is 0 Å². The highest BCUT2D eigenvalue weighted by Crippen LogP contribution is 2.17. The Bertz CT molecular complexity index is 369. The van der Waals surface area contributed by atoms with Gasteiger partial charge in [-0.05, 0) is 31.4 Å². The van der Waals surface area contributed by atoms with E-state index in [0.29, 0.717) is 25.2 Å². The van der Waals surface area contributed by atoms with Crippen molar-refractivity contribution in [1.29, 1.82) is 0 Å². The Morgan fingerprint density at radius 2 is 2.19 bits per heavy atom. The summed E-state index contributed by atoms with van der Waals surface area (Å²) in [6.07, 6.45) is 4.59. The minimum Gasteiger partial charge on any atom is -0.508 e. The van der Waals surface area contributed by atoms with Gasteiger partial charge in [0.25, 0.3) is 0 Å². The molecule has 0 aliphatic carbocycles. The third-order valence-corrected chi connectivity index (χ3v) is 2.11. The van der Waals surface area contributed by atoms with Crippen LogP contribution < -0.4 is 0 Å². The maximum Gasteiger partial charge on any atom is 0.330 e. The van der Waals surface area contributed by atoms with Gasteiger partial charge in [-0.2, -0.15) is 0 Å². The molecule has 0 heterocycles. The molecule has 0 atom stereocenters. The van der Waals surface area contributed by atoms with Crippen LogP contribution in [0.2, 0.25) is 0 Å². The van der Waals surface area contributed by atoms with Gasteiger partial charge in [-0.3, -0.25) is 0 Å². The lowest BCUT2D eigenvalue weighted by Crippen LogP contribution is -1.98. The standard InChI is InChI=1S/C13H16O3/c1-2-16-13(15)10-6-4-8-11-7-3-5-9-12(11)14/h3,5-7,9-10,14H,2,4,8H2,1H3/b10-6+.